The Bertz CT molecular complexity index is 333. The molecule has 0 N–H and O–H groups in total. The van der Waals surface area contributed by atoms with Crippen LogP contribution in [0, 0.1) is 13.8 Å². The van der Waals surface area contributed by atoms with Crippen molar-refractivity contribution in [2.45, 2.75) is 53.4 Å². The first-order chi connectivity index (χ1) is 6.86. The average molecular weight is 207 g/mol. The zero-order valence-electron chi connectivity index (χ0n) is 11.0. The minimum atomic E-state index is 0.528. The van der Waals surface area contributed by atoms with Gasteiger partial charge in [-0.3, -0.25) is 0 Å². The van der Waals surface area contributed by atoms with E-state index in [-0.39, 0.29) is 0 Å². The van der Waals surface area contributed by atoms with Crippen LogP contribution in [0.2, 0.25) is 0 Å². The molecule has 0 spiro atoms. The predicted molar refractivity (Wildman–Crippen MR) is 63.1 cm³/mol. The molecule has 0 saturated heterocycles. The van der Waals surface area contributed by atoms with E-state index in [1.807, 2.05) is 0 Å². The van der Waals surface area contributed by atoms with E-state index in [0.717, 1.165) is 11.4 Å². The molecule has 0 aliphatic heterocycles. The molecule has 1 aromatic rings. The van der Waals surface area contributed by atoms with Gasteiger partial charge in [0.15, 0.2) is 0 Å². The van der Waals surface area contributed by atoms with Crippen LogP contribution in [0.25, 0.3) is 0 Å². The molecule has 0 bridgehead atoms. The fourth-order valence-electron chi connectivity index (χ4n) is 2.59. The molecule has 0 aliphatic carbocycles. The van der Waals surface area contributed by atoms with Crippen molar-refractivity contribution in [2.75, 3.05) is 0 Å². The fraction of sp³-hybridized carbons (Fsp3) is 0.692. The molecule has 0 aliphatic rings. The molecular formula is C13H23N2+. The Kier molecular flexibility index (Phi) is 3.48. The molecule has 0 unspecified atom stereocenters. The Labute approximate surface area is 93.4 Å². The molecule has 2 heteroatoms. The van der Waals surface area contributed by atoms with E-state index in [1.54, 1.807) is 0 Å². The summed E-state index contributed by atoms with van der Waals surface area (Å²) in [6, 6.07) is 0. The lowest BCUT2D eigenvalue weighted by molar-refractivity contribution is -0.690. The van der Waals surface area contributed by atoms with E-state index in [9.17, 15) is 0 Å². The highest BCUT2D eigenvalue weighted by Crippen LogP contribution is 2.19. The highest BCUT2D eigenvalue weighted by Gasteiger charge is 2.24. The number of hydrogen-bond donors (Lipinski definition) is 0. The number of aryl methyl sites for hydroxylation is 2. The number of aromatic nitrogens is 2. The Balaban J connectivity index is 3.49. The number of hydrogen-bond acceptors (Lipinski definition) is 1. The maximum atomic E-state index is 4.66. The van der Waals surface area contributed by atoms with Gasteiger partial charge >= 0.3 is 0 Å². The second-order valence-corrected chi connectivity index (χ2v) is 4.92. The van der Waals surface area contributed by atoms with E-state index in [1.165, 1.54) is 11.4 Å². The van der Waals surface area contributed by atoms with Gasteiger partial charge < -0.3 is 0 Å². The first kappa shape index (κ1) is 12.2. The van der Waals surface area contributed by atoms with Crippen molar-refractivity contribution in [2.24, 2.45) is 7.05 Å². The van der Waals surface area contributed by atoms with Crippen molar-refractivity contribution in [3.05, 3.63) is 22.8 Å². The van der Waals surface area contributed by atoms with Crippen molar-refractivity contribution in [1.82, 2.24) is 4.98 Å². The van der Waals surface area contributed by atoms with Gasteiger partial charge in [0.1, 0.15) is 18.4 Å². The maximum Gasteiger partial charge on any atom is 0.205 e. The van der Waals surface area contributed by atoms with Crippen LogP contribution in [0.15, 0.2) is 0 Å². The molecule has 0 fully saturated rings. The van der Waals surface area contributed by atoms with Crippen LogP contribution >= 0.6 is 0 Å². The molecule has 1 rings (SSSR count). The molecule has 0 atom stereocenters. The van der Waals surface area contributed by atoms with Gasteiger partial charge in [0.25, 0.3) is 0 Å². The smallest absolute Gasteiger partial charge is 0.205 e. The van der Waals surface area contributed by atoms with Gasteiger partial charge in [-0.15, -0.1) is 0 Å². The molecule has 84 valence electrons. The van der Waals surface area contributed by atoms with Gasteiger partial charge in [0.2, 0.25) is 11.4 Å². The maximum absolute atomic E-state index is 4.66. The van der Waals surface area contributed by atoms with E-state index >= 15 is 0 Å². The Hall–Kier alpha value is -0.920. The summed E-state index contributed by atoms with van der Waals surface area (Å²) in [7, 11) is 2.16. The summed E-state index contributed by atoms with van der Waals surface area (Å²) < 4.78 is 2.33. The molecule has 0 radical (unpaired) electrons. The van der Waals surface area contributed by atoms with Gasteiger partial charge in [-0.1, -0.05) is 27.7 Å². The largest absolute Gasteiger partial charge is 0.245 e. The highest BCUT2D eigenvalue weighted by molar-refractivity contribution is 5.16. The summed E-state index contributed by atoms with van der Waals surface area (Å²) in [4.78, 5) is 4.66. The van der Waals surface area contributed by atoms with Crippen molar-refractivity contribution in [1.29, 1.82) is 0 Å². The zero-order chi connectivity index (χ0) is 11.7. The topological polar surface area (TPSA) is 16.8 Å². The highest BCUT2D eigenvalue weighted by atomic mass is 15.0. The summed E-state index contributed by atoms with van der Waals surface area (Å²) >= 11 is 0. The van der Waals surface area contributed by atoms with Crippen LogP contribution in [-0.4, -0.2) is 4.98 Å². The minimum Gasteiger partial charge on any atom is -0.245 e. The van der Waals surface area contributed by atoms with E-state index in [2.05, 4.69) is 58.1 Å². The van der Waals surface area contributed by atoms with Crippen LogP contribution in [-0.2, 0) is 7.05 Å². The standard InChI is InChI=1S/C13H23N2/c1-8(2)12-10(5)14-11(6)13(9(3)4)15(12)7/h8-9H,1-7H3/q+1. The lowest BCUT2D eigenvalue weighted by atomic mass is 10.0. The molecular weight excluding hydrogens is 184 g/mol. The predicted octanol–water partition coefficient (Wildman–Crippen LogP) is 2.77. The first-order valence-corrected chi connectivity index (χ1v) is 5.73. The molecule has 2 nitrogen and oxygen atoms in total. The van der Waals surface area contributed by atoms with Crippen LogP contribution in [0.4, 0.5) is 0 Å². The molecule has 15 heavy (non-hydrogen) atoms. The third kappa shape index (κ3) is 2.19. The van der Waals surface area contributed by atoms with Crippen molar-refractivity contribution in [3.63, 3.8) is 0 Å². The Morgan fingerprint density at radius 1 is 0.867 bits per heavy atom. The van der Waals surface area contributed by atoms with Crippen LogP contribution in [0.5, 0.6) is 0 Å². The van der Waals surface area contributed by atoms with Crippen molar-refractivity contribution in [3.8, 4) is 0 Å². The summed E-state index contributed by atoms with van der Waals surface area (Å²) in [5.41, 5.74) is 5.03. The van der Waals surface area contributed by atoms with Gasteiger partial charge in [-0.05, 0) is 13.8 Å². The summed E-state index contributed by atoms with van der Waals surface area (Å²) in [6.45, 7) is 13.1. The third-order valence-corrected chi connectivity index (χ3v) is 2.89. The second-order valence-electron chi connectivity index (χ2n) is 4.92. The fourth-order valence-corrected chi connectivity index (χ4v) is 2.59. The van der Waals surface area contributed by atoms with Gasteiger partial charge in [0, 0.05) is 11.8 Å². The van der Waals surface area contributed by atoms with E-state index in [0.29, 0.717) is 11.8 Å². The van der Waals surface area contributed by atoms with Gasteiger partial charge in [0.05, 0.1) is 0 Å². The molecule has 1 aromatic heterocycles. The quantitative estimate of drug-likeness (QED) is 0.681. The summed E-state index contributed by atoms with van der Waals surface area (Å²) in [5, 5.41) is 0. The molecule has 0 saturated carbocycles. The minimum absolute atomic E-state index is 0.528. The summed E-state index contributed by atoms with van der Waals surface area (Å²) in [6.07, 6.45) is 0. The van der Waals surface area contributed by atoms with E-state index in [4.69, 9.17) is 0 Å². The monoisotopic (exact) mass is 207 g/mol. The Morgan fingerprint density at radius 3 is 1.47 bits per heavy atom. The Morgan fingerprint density at radius 2 is 1.20 bits per heavy atom. The normalized spacial score (nSPS) is 11.5. The lowest BCUT2D eigenvalue weighted by Gasteiger charge is -2.13. The third-order valence-electron chi connectivity index (χ3n) is 2.89. The number of nitrogens with zero attached hydrogens (tertiary/aromatic N) is 2. The van der Waals surface area contributed by atoms with Gasteiger partial charge in [-0.25, -0.2) is 4.98 Å². The molecule has 0 aromatic carbocycles. The lowest BCUT2D eigenvalue weighted by Crippen LogP contribution is -2.42. The van der Waals surface area contributed by atoms with Crippen molar-refractivity contribution < 1.29 is 4.57 Å². The molecule has 1 heterocycles. The van der Waals surface area contributed by atoms with Gasteiger partial charge in [-0.2, -0.15) is 4.57 Å². The SMILES string of the molecule is Cc1nc(C)c(C(C)C)[n+](C)c1C(C)C. The van der Waals surface area contributed by atoms with Crippen LogP contribution in [0.1, 0.15) is 62.3 Å². The molecule has 0 amide bonds. The van der Waals surface area contributed by atoms with Crippen LogP contribution in [0.3, 0.4) is 0 Å². The van der Waals surface area contributed by atoms with Crippen LogP contribution < -0.4 is 4.57 Å². The first-order valence-electron chi connectivity index (χ1n) is 5.73. The number of rotatable bonds is 2. The zero-order valence-corrected chi connectivity index (χ0v) is 11.0. The van der Waals surface area contributed by atoms with E-state index < -0.39 is 0 Å². The average Bonchev–Trinajstić information content (AvgIpc) is 1.99. The summed E-state index contributed by atoms with van der Waals surface area (Å²) in [5.74, 6) is 1.06. The van der Waals surface area contributed by atoms with Crippen molar-refractivity contribution >= 4 is 0 Å². The second kappa shape index (κ2) is 4.30.